The standard InChI is InChI=1S/C23H21ClN2O2S/c1-15-4-10-18(11-5-15)26-21(27)13-19(22(26)20-3-2-12-29-20)23(28)25-14-16-6-8-17(24)9-7-16/h2-12,19,22H,13-14H2,1H3,(H,25,28). The summed E-state index contributed by atoms with van der Waals surface area (Å²) < 4.78 is 0. The molecule has 2 heterocycles. The fourth-order valence-electron chi connectivity index (χ4n) is 3.69. The number of amides is 2. The van der Waals surface area contributed by atoms with E-state index in [0.717, 1.165) is 21.7 Å². The average molecular weight is 425 g/mol. The van der Waals surface area contributed by atoms with Gasteiger partial charge in [-0.25, -0.2) is 0 Å². The summed E-state index contributed by atoms with van der Waals surface area (Å²) in [6.07, 6.45) is 0.197. The number of anilines is 1. The van der Waals surface area contributed by atoms with Crippen LogP contribution in [0.15, 0.2) is 66.0 Å². The summed E-state index contributed by atoms with van der Waals surface area (Å²) in [4.78, 5) is 28.8. The van der Waals surface area contributed by atoms with E-state index in [2.05, 4.69) is 5.32 Å². The van der Waals surface area contributed by atoms with Crippen LogP contribution in [-0.4, -0.2) is 11.8 Å². The molecule has 2 unspecified atom stereocenters. The Balaban J connectivity index is 1.58. The van der Waals surface area contributed by atoms with Crippen molar-refractivity contribution >= 4 is 40.4 Å². The van der Waals surface area contributed by atoms with E-state index >= 15 is 0 Å². The molecule has 2 aromatic carbocycles. The highest BCUT2D eigenvalue weighted by Crippen LogP contribution is 2.43. The Morgan fingerprint density at radius 3 is 2.52 bits per heavy atom. The van der Waals surface area contributed by atoms with E-state index < -0.39 is 5.92 Å². The summed E-state index contributed by atoms with van der Waals surface area (Å²) in [7, 11) is 0. The first-order chi connectivity index (χ1) is 14.0. The first-order valence-electron chi connectivity index (χ1n) is 9.47. The van der Waals surface area contributed by atoms with Gasteiger partial charge in [0.2, 0.25) is 11.8 Å². The highest BCUT2D eigenvalue weighted by molar-refractivity contribution is 7.10. The van der Waals surface area contributed by atoms with E-state index in [0.29, 0.717) is 11.6 Å². The number of aryl methyl sites for hydroxylation is 1. The zero-order chi connectivity index (χ0) is 20.4. The van der Waals surface area contributed by atoms with Gasteiger partial charge in [-0.15, -0.1) is 11.3 Å². The van der Waals surface area contributed by atoms with Crippen molar-refractivity contribution in [3.05, 3.63) is 87.1 Å². The Morgan fingerprint density at radius 2 is 1.86 bits per heavy atom. The van der Waals surface area contributed by atoms with Crippen molar-refractivity contribution in [2.24, 2.45) is 5.92 Å². The molecule has 0 spiro atoms. The van der Waals surface area contributed by atoms with Crippen molar-refractivity contribution in [1.29, 1.82) is 0 Å². The van der Waals surface area contributed by atoms with Gasteiger partial charge in [0.15, 0.2) is 0 Å². The van der Waals surface area contributed by atoms with Gasteiger partial charge in [0.25, 0.3) is 0 Å². The fourth-order valence-corrected chi connectivity index (χ4v) is 4.69. The van der Waals surface area contributed by atoms with Gasteiger partial charge >= 0.3 is 0 Å². The lowest BCUT2D eigenvalue weighted by molar-refractivity contribution is -0.126. The lowest BCUT2D eigenvalue weighted by atomic mass is 9.97. The molecule has 0 radical (unpaired) electrons. The maximum atomic E-state index is 13.1. The van der Waals surface area contributed by atoms with Crippen molar-refractivity contribution in [2.75, 3.05) is 4.90 Å². The van der Waals surface area contributed by atoms with Crippen molar-refractivity contribution in [3.63, 3.8) is 0 Å². The highest BCUT2D eigenvalue weighted by atomic mass is 35.5. The molecule has 1 N–H and O–H groups in total. The normalized spacial score (nSPS) is 18.8. The molecular formula is C23H21ClN2O2S. The molecule has 6 heteroatoms. The van der Waals surface area contributed by atoms with E-state index in [9.17, 15) is 9.59 Å². The van der Waals surface area contributed by atoms with Crippen LogP contribution >= 0.6 is 22.9 Å². The molecule has 0 aliphatic carbocycles. The molecule has 4 rings (SSSR count). The second kappa shape index (κ2) is 8.39. The molecule has 29 heavy (non-hydrogen) atoms. The molecule has 1 aliphatic rings. The van der Waals surface area contributed by atoms with Crippen LogP contribution in [0.25, 0.3) is 0 Å². The number of carbonyl (C=O) groups is 2. The van der Waals surface area contributed by atoms with Crippen molar-refractivity contribution in [2.45, 2.75) is 25.9 Å². The Hall–Kier alpha value is -2.63. The molecule has 1 fully saturated rings. The second-order valence-electron chi connectivity index (χ2n) is 7.21. The van der Waals surface area contributed by atoms with Gasteiger partial charge in [-0.05, 0) is 48.2 Å². The highest BCUT2D eigenvalue weighted by Gasteiger charge is 2.45. The van der Waals surface area contributed by atoms with Crippen LogP contribution in [0.5, 0.6) is 0 Å². The van der Waals surface area contributed by atoms with Gasteiger partial charge in [0.1, 0.15) is 0 Å². The molecule has 2 atom stereocenters. The lowest BCUT2D eigenvalue weighted by Gasteiger charge is -2.27. The number of benzene rings is 2. The smallest absolute Gasteiger partial charge is 0.228 e. The third kappa shape index (κ3) is 4.21. The van der Waals surface area contributed by atoms with Crippen LogP contribution in [0.1, 0.15) is 28.5 Å². The number of thiophene rings is 1. The number of nitrogens with one attached hydrogen (secondary N) is 1. The number of halogens is 1. The first kappa shape index (κ1) is 19.7. The summed E-state index contributed by atoms with van der Waals surface area (Å²) in [5.41, 5.74) is 2.92. The van der Waals surface area contributed by atoms with Crippen LogP contribution < -0.4 is 10.2 Å². The zero-order valence-corrected chi connectivity index (χ0v) is 17.5. The molecule has 1 saturated heterocycles. The van der Waals surface area contributed by atoms with Crippen LogP contribution in [0.4, 0.5) is 5.69 Å². The molecule has 3 aromatic rings. The maximum Gasteiger partial charge on any atom is 0.228 e. The Bertz CT molecular complexity index is 1000. The van der Waals surface area contributed by atoms with E-state index in [1.54, 1.807) is 28.4 Å². The number of carbonyl (C=O) groups excluding carboxylic acids is 2. The monoisotopic (exact) mass is 424 g/mol. The maximum absolute atomic E-state index is 13.1. The predicted molar refractivity (Wildman–Crippen MR) is 117 cm³/mol. The minimum absolute atomic E-state index is 0.0288. The van der Waals surface area contributed by atoms with Gasteiger partial charge in [0, 0.05) is 28.6 Å². The number of hydrogen-bond donors (Lipinski definition) is 1. The number of hydrogen-bond acceptors (Lipinski definition) is 3. The average Bonchev–Trinajstić information content (AvgIpc) is 3.36. The van der Waals surface area contributed by atoms with Crippen LogP contribution in [0.2, 0.25) is 5.02 Å². The van der Waals surface area contributed by atoms with Gasteiger partial charge in [-0.3, -0.25) is 9.59 Å². The molecule has 148 valence electrons. The van der Waals surface area contributed by atoms with Gasteiger partial charge in [-0.1, -0.05) is 47.5 Å². The number of rotatable bonds is 5. The van der Waals surface area contributed by atoms with E-state index in [-0.39, 0.29) is 24.3 Å². The van der Waals surface area contributed by atoms with Crippen molar-refractivity contribution in [1.82, 2.24) is 5.32 Å². The molecule has 1 aliphatic heterocycles. The molecule has 0 bridgehead atoms. The van der Waals surface area contributed by atoms with E-state index in [4.69, 9.17) is 11.6 Å². The van der Waals surface area contributed by atoms with E-state index in [1.807, 2.05) is 60.8 Å². The first-order valence-corrected chi connectivity index (χ1v) is 10.7. The Labute approximate surface area is 179 Å². The molecule has 0 saturated carbocycles. The minimum atomic E-state index is -0.435. The Kier molecular flexibility index (Phi) is 5.69. The van der Waals surface area contributed by atoms with E-state index in [1.165, 1.54) is 0 Å². The Morgan fingerprint density at radius 1 is 1.14 bits per heavy atom. The second-order valence-corrected chi connectivity index (χ2v) is 8.63. The minimum Gasteiger partial charge on any atom is -0.352 e. The SMILES string of the molecule is Cc1ccc(N2C(=O)CC(C(=O)NCc3ccc(Cl)cc3)C2c2cccs2)cc1. The van der Waals surface area contributed by atoms with Gasteiger partial charge in [0.05, 0.1) is 12.0 Å². The summed E-state index contributed by atoms with van der Waals surface area (Å²) in [5, 5.41) is 5.64. The summed E-state index contributed by atoms with van der Waals surface area (Å²) >= 11 is 7.50. The summed E-state index contributed by atoms with van der Waals surface area (Å²) in [5.74, 6) is -0.574. The van der Waals surface area contributed by atoms with Crippen LogP contribution in [0, 0.1) is 12.8 Å². The lowest BCUT2D eigenvalue weighted by Crippen LogP contribution is -2.35. The molecular weight excluding hydrogens is 404 g/mol. The van der Waals surface area contributed by atoms with Gasteiger partial charge in [-0.2, -0.15) is 0 Å². The molecule has 2 amide bonds. The predicted octanol–water partition coefficient (Wildman–Crippen LogP) is 5.12. The quantitative estimate of drug-likeness (QED) is 0.617. The van der Waals surface area contributed by atoms with Crippen LogP contribution in [-0.2, 0) is 16.1 Å². The zero-order valence-electron chi connectivity index (χ0n) is 16.0. The summed E-state index contributed by atoms with van der Waals surface area (Å²) in [6, 6.07) is 18.9. The van der Waals surface area contributed by atoms with Crippen molar-refractivity contribution in [3.8, 4) is 0 Å². The molecule has 4 nitrogen and oxygen atoms in total. The molecule has 1 aromatic heterocycles. The number of nitrogens with zero attached hydrogens (tertiary/aromatic N) is 1. The topological polar surface area (TPSA) is 49.4 Å². The van der Waals surface area contributed by atoms with Crippen molar-refractivity contribution < 1.29 is 9.59 Å². The third-order valence-electron chi connectivity index (χ3n) is 5.19. The third-order valence-corrected chi connectivity index (χ3v) is 6.38. The largest absolute Gasteiger partial charge is 0.352 e. The summed E-state index contributed by atoms with van der Waals surface area (Å²) in [6.45, 7) is 2.42. The van der Waals surface area contributed by atoms with Gasteiger partial charge < -0.3 is 10.2 Å². The van der Waals surface area contributed by atoms with Crippen LogP contribution in [0.3, 0.4) is 0 Å². The fraction of sp³-hybridized carbons (Fsp3) is 0.217.